The maximum Gasteiger partial charge on any atom is 0.417 e. The predicted octanol–water partition coefficient (Wildman–Crippen LogP) is 4.47. The van der Waals surface area contributed by atoms with Gasteiger partial charge in [0.1, 0.15) is 0 Å². The number of carboxylic acid groups (broad SMARTS) is 1. The summed E-state index contributed by atoms with van der Waals surface area (Å²) in [6.07, 6.45) is -2.29. The SMILES string of the molecule is O=C(O)/C=C/c1ccccc1-c1ccccc1C(F)(F)F. The van der Waals surface area contributed by atoms with E-state index in [-0.39, 0.29) is 5.56 Å². The number of benzene rings is 2. The van der Waals surface area contributed by atoms with Crippen molar-refractivity contribution in [3.8, 4) is 11.1 Å². The van der Waals surface area contributed by atoms with Gasteiger partial charge in [-0.3, -0.25) is 0 Å². The van der Waals surface area contributed by atoms with E-state index in [0.717, 1.165) is 12.1 Å². The van der Waals surface area contributed by atoms with Gasteiger partial charge < -0.3 is 5.11 Å². The topological polar surface area (TPSA) is 37.3 Å². The van der Waals surface area contributed by atoms with Crippen molar-refractivity contribution in [2.24, 2.45) is 0 Å². The highest BCUT2D eigenvalue weighted by Gasteiger charge is 2.33. The molecule has 0 aliphatic heterocycles. The van der Waals surface area contributed by atoms with Crippen molar-refractivity contribution >= 4 is 12.0 Å². The van der Waals surface area contributed by atoms with Gasteiger partial charge in [0, 0.05) is 6.08 Å². The molecule has 0 heterocycles. The summed E-state index contributed by atoms with van der Waals surface area (Å²) in [5, 5.41) is 8.65. The van der Waals surface area contributed by atoms with Crippen LogP contribution in [-0.2, 0) is 11.0 Å². The van der Waals surface area contributed by atoms with E-state index in [1.807, 2.05) is 0 Å². The number of alkyl halides is 3. The van der Waals surface area contributed by atoms with Gasteiger partial charge in [-0.2, -0.15) is 13.2 Å². The first-order valence-electron chi connectivity index (χ1n) is 6.06. The Morgan fingerprint density at radius 1 is 0.952 bits per heavy atom. The summed E-state index contributed by atoms with van der Waals surface area (Å²) < 4.78 is 39.2. The van der Waals surface area contributed by atoms with Crippen LogP contribution >= 0.6 is 0 Å². The molecule has 0 saturated heterocycles. The van der Waals surface area contributed by atoms with E-state index in [0.29, 0.717) is 11.1 Å². The lowest BCUT2D eigenvalue weighted by atomic mass is 9.95. The molecular formula is C16H11F3O2. The number of hydrogen-bond donors (Lipinski definition) is 1. The minimum atomic E-state index is -4.47. The van der Waals surface area contributed by atoms with E-state index in [9.17, 15) is 18.0 Å². The highest BCUT2D eigenvalue weighted by atomic mass is 19.4. The van der Waals surface area contributed by atoms with E-state index in [1.54, 1.807) is 18.2 Å². The molecule has 0 bridgehead atoms. The molecule has 21 heavy (non-hydrogen) atoms. The first-order valence-corrected chi connectivity index (χ1v) is 6.06. The Kier molecular flexibility index (Phi) is 4.12. The van der Waals surface area contributed by atoms with Crippen molar-refractivity contribution in [1.29, 1.82) is 0 Å². The number of carbonyl (C=O) groups is 1. The molecule has 0 aliphatic carbocycles. The number of hydrogen-bond acceptors (Lipinski definition) is 1. The average molecular weight is 292 g/mol. The van der Waals surface area contributed by atoms with Crippen LogP contribution in [0, 0.1) is 0 Å². The van der Waals surface area contributed by atoms with Gasteiger partial charge in [-0.05, 0) is 28.8 Å². The summed E-state index contributed by atoms with van der Waals surface area (Å²) in [6, 6.07) is 11.6. The molecule has 0 amide bonds. The van der Waals surface area contributed by atoms with Crippen LogP contribution in [0.5, 0.6) is 0 Å². The maximum absolute atomic E-state index is 13.1. The van der Waals surface area contributed by atoms with Crippen LogP contribution in [0.3, 0.4) is 0 Å². The summed E-state index contributed by atoms with van der Waals surface area (Å²) >= 11 is 0. The molecule has 2 aromatic rings. The second kappa shape index (κ2) is 5.83. The van der Waals surface area contributed by atoms with Crippen molar-refractivity contribution in [3.05, 3.63) is 65.7 Å². The molecule has 0 aromatic heterocycles. The minimum Gasteiger partial charge on any atom is -0.478 e. The molecule has 0 saturated carbocycles. The quantitative estimate of drug-likeness (QED) is 0.847. The molecular weight excluding hydrogens is 281 g/mol. The lowest BCUT2D eigenvalue weighted by Crippen LogP contribution is -2.07. The summed E-state index contributed by atoms with van der Waals surface area (Å²) in [7, 11) is 0. The smallest absolute Gasteiger partial charge is 0.417 e. The van der Waals surface area contributed by atoms with E-state index in [4.69, 9.17) is 5.11 Å². The molecule has 0 spiro atoms. The largest absolute Gasteiger partial charge is 0.478 e. The third kappa shape index (κ3) is 3.51. The molecule has 108 valence electrons. The van der Waals surface area contributed by atoms with E-state index in [1.165, 1.54) is 30.3 Å². The zero-order valence-corrected chi connectivity index (χ0v) is 10.8. The van der Waals surface area contributed by atoms with Crippen molar-refractivity contribution in [2.45, 2.75) is 6.18 Å². The molecule has 0 aliphatic rings. The van der Waals surface area contributed by atoms with Crippen LogP contribution in [0.25, 0.3) is 17.2 Å². The Labute approximate surface area is 119 Å². The van der Waals surface area contributed by atoms with E-state index in [2.05, 4.69) is 0 Å². The van der Waals surface area contributed by atoms with E-state index >= 15 is 0 Å². The number of aliphatic carboxylic acids is 1. The molecule has 2 rings (SSSR count). The highest BCUT2D eigenvalue weighted by molar-refractivity contribution is 5.88. The second-order valence-electron chi connectivity index (χ2n) is 4.30. The maximum atomic E-state index is 13.1. The van der Waals surface area contributed by atoms with Crippen LogP contribution < -0.4 is 0 Å². The van der Waals surface area contributed by atoms with Gasteiger partial charge in [-0.1, -0.05) is 42.5 Å². The van der Waals surface area contributed by atoms with Gasteiger partial charge in [-0.15, -0.1) is 0 Å². The van der Waals surface area contributed by atoms with Gasteiger partial charge in [0.25, 0.3) is 0 Å². The number of carboxylic acids is 1. The van der Waals surface area contributed by atoms with Crippen LogP contribution in [0.15, 0.2) is 54.6 Å². The standard InChI is InChI=1S/C16H11F3O2/c17-16(18,19)14-8-4-3-7-13(14)12-6-2-1-5-11(12)9-10-15(20)21/h1-10H,(H,20,21)/b10-9+. The molecule has 0 fully saturated rings. The lowest BCUT2D eigenvalue weighted by molar-refractivity contribution is -0.137. The molecule has 1 N–H and O–H groups in total. The number of rotatable bonds is 3. The first kappa shape index (κ1) is 14.8. The Bertz CT molecular complexity index is 688. The van der Waals surface area contributed by atoms with Gasteiger partial charge in [0.05, 0.1) is 5.56 Å². The minimum absolute atomic E-state index is 0.0237. The van der Waals surface area contributed by atoms with Crippen molar-refractivity contribution in [3.63, 3.8) is 0 Å². The van der Waals surface area contributed by atoms with Crippen LogP contribution in [0.4, 0.5) is 13.2 Å². The van der Waals surface area contributed by atoms with Crippen molar-refractivity contribution < 1.29 is 23.1 Å². The van der Waals surface area contributed by atoms with Gasteiger partial charge in [-0.25, -0.2) is 4.79 Å². The summed E-state index contributed by atoms with van der Waals surface area (Å²) in [5.41, 5.74) is 0.0244. The Morgan fingerprint density at radius 2 is 1.52 bits per heavy atom. The van der Waals surface area contributed by atoms with Crippen LogP contribution in [-0.4, -0.2) is 11.1 Å². The third-order valence-corrected chi connectivity index (χ3v) is 2.89. The normalized spacial score (nSPS) is 11.8. The Morgan fingerprint density at radius 3 is 2.14 bits per heavy atom. The third-order valence-electron chi connectivity index (χ3n) is 2.89. The fourth-order valence-corrected chi connectivity index (χ4v) is 2.01. The fraction of sp³-hybridized carbons (Fsp3) is 0.0625. The lowest BCUT2D eigenvalue weighted by Gasteiger charge is -2.14. The molecule has 2 aromatic carbocycles. The second-order valence-corrected chi connectivity index (χ2v) is 4.30. The number of halogens is 3. The molecule has 0 atom stereocenters. The highest BCUT2D eigenvalue weighted by Crippen LogP contribution is 2.38. The van der Waals surface area contributed by atoms with Crippen LogP contribution in [0.2, 0.25) is 0 Å². The summed E-state index contributed by atoms with van der Waals surface area (Å²) in [5.74, 6) is -1.16. The first-order chi connectivity index (χ1) is 9.89. The average Bonchev–Trinajstić information content (AvgIpc) is 2.44. The summed E-state index contributed by atoms with van der Waals surface area (Å²) in [6.45, 7) is 0. The summed E-state index contributed by atoms with van der Waals surface area (Å²) in [4.78, 5) is 10.6. The van der Waals surface area contributed by atoms with Crippen molar-refractivity contribution in [2.75, 3.05) is 0 Å². The monoisotopic (exact) mass is 292 g/mol. The predicted molar refractivity (Wildman–Crippen MR) is 73.5 cm³/mol. The molecule has 2 nitrogen and oxygen atoms in total. The molecule has 5 heteroatoms. The zero-order chi connectivity index (χ0) is 15.5. The Balaban J connectivity index is 2.61. The van der Waals surface area contributed by atoms with Gasteiger partial charge in [0.2, 0.25) is 0 Å². The molecule has 0 unspecified atom stereocenters. The Hall–Kier alpha value is -2.56. The van der Waals surface area contributed by atoms with Gasteiger partial charge >= 0.3 is 12.1 Å². The van der Waals surface area contributed by atoms with E-state index < -0.39 is 17.7 Å². The van der Waals surface area contributed by atoms with Crippen LogP contribution in [0.1, 0.15) is 11.1 Å². The molecule has 0 radical (unpaired) electrons. The zero-order valence-electron chi connectivity index (χ0n) is 10.8. The van der Waals surface area contributed by atoms with Gasteiger partial charge in [0.15, 0.2) is 0 Å². The van der Waals surface area contributed by atoms with Crippen molar-refractivity contribution in [1.82, 2.24) is 0 Å². The fourth-order valence-electron chi connectivity index (χ4n) is 2.01.